The molecule has 4 unspecified atom stereocenters. The zero-order valence-corrected chi connectivity index (χ0v) is 12.3. The fraction of sp³-hybridized carbons (Fsp3) is 1.00. The Morgan fingerprint density at radius 2 is 2.21 bits per heavy atom. The first kappa shape index (κ1) is 13.8. The fourth-order valence-corrected chi connectivity index (χ4v) is 4.85. The van der Waals surface area contributed by atoms with Crippen molar-refractivity contribution in [3.63, 3.8) is 0 Å². The van der Waals surface area contributed by atoms with Gasteiger partial charge in [0, 0.05) is 25.1 Å². The van der Waals surface area contributed by atoms with Gasteiger partial charge in [0.15, 0.2) is 0 Å². The molecular formula is C16H29NO2. The number of ether oxygens (including phenoxy) is 1. The molecule has 4 atom stereocenters. The highest BCUT2D eigenvalue weighted by Crippen LogP contribution is 2.48. The van der Waals surface area contributed by atoms with Gasteiger partial charge in [-0.2, -0.15) is 0 Å². The number of aliphatic hydroxyl groups is 1. The zero-order chi connectivity index (χ0) is 13.3. The maximum Gasteiger partial charge on any atom is 0.0556 e. The highest BCUT2D eigenvalue weighted by Gasteiger charge is 2.40. The minimum Gasteiger partial charge on any atom is -0.396 e. The average Bonchev–Trinajstić information content (AvgIpc) is 3.02. The maximum absolute atomic E-state index is 9.75. The third kappa shape index (κ3) is 2.98. The lowest BCUT2D eigenvalue weighted by Crippen LogP contribution is -2.45. The minimum absolute atomic E-state index is 0.00458. The smallest absolute Gasteiger partial charge is 0.0556 e. The normalized spacial score (nSPS) is 42.2. The van der Waals surface area contributed by atoms with E-state index in [1.165, 1.54) is 32.2 Å². The molecule has 0 aromatic heterocycles. The summed E-state index contributed by atoms with van der Waals surface area (Å²) in [5.74, 6) is 2.96. The summed E-state index contributed by atoms with van der Waals surface area (Å²) < 4.78 is 5.61. The van der Waals surface area contributed by atoms with Crippen LogP contribution in [0.25, 0.3) is 0 Å². The molecule has 3 rings (SSSR count). The minimum atomic E-state index is 0.00458. The Morgan fingerprint density at radius 1 is 1.32 bits per heavy atom. The third-order valence-corrected chi connectivity index (χ3v) is 5.78. The molecule has 0 radical (unpaired) electrons. The van der Waals surface area contributed by atoms with Crippen LogP contribution in [0.4, 0.5) is 0 Å². The van der Waals surface area contributed by atoms with Gasteiger partial charge in [-0.1, -0.05) is 6.42 Å². The van der Waals surface area contributed by atoms with Gasteiger partial charge < -0.3 is 14.7 Å². The monoisotopic (exact) mass is 267 g/mol. The molecular weight excluding hydrogens is 238 g/mol. The first-order valence-electron chi connectivity index (χ1n) is 8.08. The number of rotatable bonds is 5. The van der Waals surface area contributed by atoms with E-state index in [4.69, 9.17) is 4.74 Å². The lowest BCUT2D eigenvalue weighted by molar-refractivity contribution is -0.0542. The van der Waals surface area contributed by atoms with E-state index in [1.54, 1.807) is 0 Å². The number of fused-ring (bicyclic) bond motifs is 2. The largest absolute Gasteiger partial charge is 0.396 e. The molecule has 3 fully saturated rings. The molecule has 1 N–H and O–H groups in total. The second-order valence-corrected chi connectivity index (χ2v) is 7.45. The molecule has 0 aromatic rings. The summed E-state index contributed by atoms with van der Waals surface area (Å²) in [6.45, 7) is 4.11. The Balaban J connectivity index is 1.51. The van der Waals surface area contributed by atoms with E-state index < -0.39 is 0 Å². The SMILES string of the molecule is CN(CC1CC2CCC1C2)CC1(CO)CCCOC1. The molecule has 3 nitrogen and oxygen atoms in total. The average molecular weight is 267 g/mol. The Kier molecular flexibility index (Phi) is 4.16. The highest BCUT2D eigenvalue weighted by molar-refractivity contribution is 4.92. The second-order valence-electron chi connectivity index (χ2n) is 7.45. The second kappa shape index (κ2) is 5.71. The van der Waals surface area contributed by atoms with E-state index in [2.05, 4.69) is 11.9 Å². The molecule has 19 heavy (non-hydrogen) atoms. The summed E-state index contributed by atoms with van der Waals surface area (Å²) in [5.41, 5.74) is 0.00458. The van der Waals surface area contributed by atoms with Crippen LogP contribution in [-0.2, 0) is 4.74 Å². The van der Waals surface area contributed by atoms with Crippen molar-refractivity contribution in [1.82, 2.24) is 4.90 Å². The topological polar surface area (TPSA) is 32.7 Å². The van der Waals surface area contributed by atoms with Crippen molar-refractivity contribution >= 4 is 0 Å². The van der Waals surface area contributed by atoms with Gasteiger partial charge in [-0.15, -0.1) is 0 Å². The van der Waals surface area contributed by atoms with E-state index >= 15 is 0 Å². The summed E-state index contributed by atoms with van der Waals surface area (Å²) in [5, 5.41) is 9.75. The lowest BCUT2D eigenvalue weighted by atomic mass is 9.82. The quantitative estimate of drug-likeness (QED) is 0.828. The van der Waals surface area contributed by atoms with Crippen molar-refractivity contribution in [2.75, 3.05) is 40.0 Å². The van der Waals surface area contributed by atoms with Gasteiger partial charge in [0.1, 0.15) is 0 Å². The van der Waals surface area contributed by atoms with Crippen LogP contribution in [0.5, 0.6) is 0 Å². The van der Waals surface area contributed by atoms with Crippen molar-refractivity contribution in [3.05, 3.63) is 0 Å². The fourth-order valence-electron chi connectivity index (χ4n) is 4.85. The summed E-state index contributed by atoms with van der Waals surface area (Å²) in [4.78, 5) is 2.47. The summed E-state index contributed by atoms with van der Waals surface area (Å²) >= 11 is 0. The van der Waals surface area contributed by atoms with Crippen LogP contribution < -0.4 is 0 Å². The molecule has 0 amide bonds. The molecule has 3 heteroatoms. The van der Waals surface area contributed by atoms with Crippen LogP contribution in [0, 0.1) is 23.2 Å². The maximum atomic E-state index is 9.75. The van der Waals surface area contributed by atoms with Gasteiger partial charge in [0.05, 0.1) is 13.2 Å². The highest BCUT2D eigenvalue weighted by atomic mass is 16.5. The number of aliphatic hydroxyl groups excluding tert-OH is 1. The molecule has 3 aliphatic rings. The standard InChI is InChI=1S/C16H29NO2/c1-17(9-15-8-13-3-4-14(15)7-13)10-16(11-18)5-2-6-19-12-16/h13-15,18H,2-12H2,1H3. The van der Waals surface area contributed by atoms with E-state index in [-0.39, 0.29) is 12.0 Å². The lowest BCUT2D eigenvalue weighted by Gasteiger charge is -2.39. The molecule has 2 bridgehead atoms. The first-order chi connectivity index (χ1) is 9.21. The molecule has 0 aromatic carbocycles. The zero-order valence-electron chi connectivity index (χ0n) is 12.3. The van der Waals surface area contributed by atoms with Crippen LogP contribution in [0.15, 0.2) is 0 Å². The molecule has 2 aliphatic carbocycles. The molecule has 1 heterocycles. The molecule has 1 aliphatic heterocycles. The van der Waals surface area contributed by atoms with Gasteiger partial charge in [-0.25, -0.2) is 0 Å². The van der Waals surface area contributed by atoms with Crippen LogP contribution in [0.3, 0.4) is 0 Å². The van der Waals surface area contributed by atoms with Gasteiger partial charge in [-0.05, 0) is 56.9 Å². The van der Waals surface area contributed by atoms with E-state index in [0.29, 0.717) is 0 Å². The van der Waals surface area contributed by atoms with E-state index in [1.807, 2.05) is 0 Å². The van der Waals surface area contributed by atoms with Crippen molar-refractivity contribution in [2.45, 2.75) is 38.5 Å². The number of hydrogen-bond acceptors (Lipinski definition) is 3. The Bertz CT molecular complexity index is 301. The molecule has 110 valence electrons. The van der Waals surface area contributed by atoms with E-state index in [9.17, 15) is 5.11 Å². The van der Waals surface area contributed by atoms with Crippen molar-refractivity contribution in [3.8, 4) is 0 Å². The van der Waals surface area contributed by atoms with Crippen molar-refractivity contribution in [1.29, 1.82) is 0 Å². The van der Waals surface area contributed by atoms with Crippen LogP contribution in [0.1, 0.15) is 38.5 Å². The van der Waals surface area contributed by atoms with E-state index in [0.717, 1.165) is 50.4 Å². The number of nitrogens with zero attached hydrogens (tertiary/aromatic N) is 1. The van der Waals surface area contributed by atoms with Crippen LogP contribution >= 0.6 is 0 Å². The van der Waals surface area contributed by atoms with Crippen LogP contribution in [-0.4, -0.2) is 50.0 Å². The molecule has 0 spiro atoms. The van der Waals surface area contributed by atoms with Crippen molar-refractivity contribution in [2.24, 2.45) is 23.2 Å². The van der Waals surface area contributed by atoms with Gasteiger partial charge in [0.2, 0.25) is 0 Å². The summed E-state index contributed by atoms with van der Waals surface area (Å²) in [7, 11) is 2.23. The molecule has 2 saturated carbocycles. The van der Waals surface area contributed by atoms with Gasteiger partial charge in [0.25, 0.3) is 0 Å². The van der Waals surface area contributed by atoms with Gasteiger partial charge >= 0.3 is 0 Å². The van der Waals surface area contributed by atoms with Gasteiger partial charge in [-0.3, -0.25) is 0 Å². The van der Waals surface area contributed by atoms with Crippen molar-refractivity contribution < 1.29 is 9.84 Å². The Labute approximate surface area is 117 Å². The molecule has 1 saturated heterocycles. The van der Waals surface area contributed by atoms with Crippen LogP contribution in [0.2, 0.25) is 0 Å². The number of hydrogen-bond donors (Lipinski definition) is 1. The Morgan fingerprint density at radius 3 is 2.79 bits per heavy atom. The summed E-state index contributed by atoms with van der Waals surface area (Å²) in [6, 6.07) is 0. The third-order valence-electron chi connectivity index (χ3n) is 5.78. The predicted octanol–water partition coefficient (Wildman–Crippen LogP) is 2.14. The predicted molar refractivity (Wildman–Crippen MR) is 76.0 cm³/mol. The first-order valence-corrected chi connectivity index (χ1v) is 8.08. The Hall–Kier alpha value is -0.120. The summed E-state index contributed by atoms with van der Waals surface area (Å²) in [6.07, 6.45) is 8.12.